The third-order valence-electron chi connectivity index (χ3n) is 2.64. The molecule has 0 aliphatic heterocycles. The molecule has 0 saturated heterocycles. The molecule has 2 N–H and O–H groups in total. The highest BCUT2D eigenvalue weighted by Gasteiger charge is 2.02. The number of nitrogens with one attached hydrogen (secondary N) is 2. The smallest absolute Gasteiger partial charge is 0.238 e. The fourth-order valence-electron chi connectivity index (χ4n) is 1.69. The molecule has 104 valence electrons. The van der Waals surface area contributed by atoms with Gasteiger partial charge in [0, 0.05) is 22.3 Å². The highest BCUT2D eigenvalue weighted by atomic mass is 35.5. The van der Waals surface area contributed by atoms with Gasteiger partial charge in [-0.25, -0.2) is 0 Å². The summed E-state index contributed by atoms with van der Waals surface area (Å²) in [5.41, 5.74) is 1.76. The molecule has 0 unspecified atom stereocenters. The molecular weight excluding hydrogens is 295 g/mol. The largest absolute Gasteiger partial charge is 0.325 e. The number of benzene rings is 2. The number of amides is 1. The normalized spacial score (nSPS) is 10.3. The predicted octanol–water partition coefficient (Wildman–Crippen LogP) is 3.72. The number of carbonyl (C=O) groups excluding carboxylic acids is 1. The van der Waals surface area contributed by atoms with Crippen molar-refractivity contribution in [2.45, 2.75) is 6.54 Å². The first kappa shape index (κ1) is 14.9. The van der Waals surface area contributed by atoms with Gasteiger partial charge in [-0.2, -0.15) is 0 Å². The van der Waals surface area contributed by atoms with Crippen molar-refractivity contribution < 1.29 is 4.79 Å². The Morgan fingerprint density at radius 2 is 1.75 bits per heavy atom. The molecule has 2 rings (SSSR count). The van der Waals surface area contributed by atoms with Crippen molar-refractivity contribution in [3.05, 3.63) is 64.1 Å². The second-order valence-corrected chi connectivity index (χ2v) is 5.16. The summed E-state index contributed by atoms with van der Waals surface area (Å²) >= 11 is 11.7. The maximum atomic E-state index is 11.7. The monoisotopic (exact) mass is 308 g/mol. The summed E-state index contributed by atoms with van der Waals surface area (Å²) in [6, 6.07) is 14.5. The SMILES string of the molecule is O=C(CNCc1ccc(Cl)cc1)Nc1cccc(Cl)c1. The number of hydrogen-bond donors (Lipinski definition) is 2. The van der Waals surface area contributed by atoms with E-state index in [2.05, 4.69) is 10.6 Å². The summed E-state index contributed by atoms with van der Waals surface area (Å²) in [4.78, 5) is 11.7. The van der Waals surface area contributed by atoms with Crippen molar-refractivity contribution in [3.8, 4) is 0 Å². The number of anilines is 1. The molecule has 5 heteroatoms. The van der Waals surface area contributed by atoms with Crippen molar-refractivity contribution in [1.29, 1.82) is 0 Å². The van der Waals surface area contributed by atoms with E-state index in [0.29, 0.717) is 22.3 Å². The zero-order chi connectivity index (χ0) is 14.4. The van der Waals surface area contributed by atoms with Gasteiger partial charge in [0.15, 0.2) is 0 Å². The lowest BCUT2D eigenvalue weighted by Gasteiger charge is -2.07. The van der Waals surface area contributed by atoms with E-state index in [1.807, 2.05) is 24.3 Å². The van der Waals surface area contributed by atoms with Crippen LogP contribution >= 0.6 is 23.2 Å². The topological polar surface area (TPSA) is 41.1 Å². The first-order chi connectivity index (χ1) is 9.63. The maximum Gasteiger partial charge on any atom is 0.238 e. The summed E-state index contributed by atoms with van der Waals surface area (Å²) in [5.74, 6) is -0.110. The molecule has 0 heterocycles. The van der Waals surface area contributed by atoms with Crippen LogP contribution in [0.15, 0.2) is 48.5 Å². The summed E-state index contributed by atoms with van der Waals surface area (Å²) < 4.78 is 0. The van der Waals surface area contributed by atoms with Crippen LogP contribution in [0.3, 0.4) is 0 Å². The Hall–Kier alpha value is -1.55. The molecule has 1 amide bonds. The number of halogens is 2. The summed E-state index contributed by atoms with van der Waals surface area (Å²) in [5, 5.41) is 7.13. The third-order valence-corrected chi connectivity index (χ3v) is 3.12. The summed E-state index contributed by atoms with van der Waals surface area (Å²) in [6.45, 7) is 0.843. The Kier molecular flexibility index (Phi) is 5.41. The summed E-state index contributed by atoms with van der Waals surface area (Å²) in [7, 11) is 0. The zero-order valence-electron chi connectivity index (χ0n) is 10.7. The fraction of sp³-hybridized carbons (Fsp3) is 0.133. The Bertz CT molecular complexity index is 585. The first-order valence-electron chi connectivity index (χ1n) is 6.14. The van der Waals surface area contributed by atoms with Gasteiger partial charge in [-0.05, 0) is 35.9 Å². The molecule has 3 nitrogen and oxygen atoms in total. The lowest BCUT2D eigenvalue weighted by Crippen LogP contribution is -2.27. The minimum atomic E-state index is -0.110. The highest BCUT2D eigenvalue weighted by molar-refractivity contribution is 6.31. The molecule has 0 bridgehead atoms. The lowest BCUT2D eigenvalue weighted by molar-refractivity contribution is -0.115. The van der Waals surface area contributed by atoms with Crippen LogP contribution in [0.5, 0.6) is 0 Å². The van der Waals surface area contributed by atoms with Crippen LogP contribution in [0, 0.1) is 0 Å². The average molecular weight is 309 g/mol. The minimum absolute atomic E-state index is 0.110. The van der Waals surface area contributed by atoms with Gasteiger partial charge in [0.2, 0.25) is 5.91 Å². The van der Waals surface area contributed by atoms with Gasteiger partial charge in [-0.15, -0.1) is 0 Å². The van der Waals surface area contributed by atoms with Gasteiger partial charge in [-0.1, -0.05) is 41.4 Å². The first-order valence-corrected chi connectivity index (χ1v) is 6.89. The molecule has 0 aromatic heterocycles. The van der Waals surface area contributed by atoms with Crippen LogP contribution in [0.25, 0.3) is 0 Å². The zero-order valence-corrected chi connectivity index (χ0v) is 12.2. The van der Waals surface area contributed by atoms with Crippen molar-refractivity contribution in [2.24, 2.45) is 0 Å². The second kappa shape index (κ2) is 7.29. The van der Waals surface area contributed by atoms with Gasteiger partial charge < -0.3 is 10.6 Å². The van der Waals surface area contributed by atoms with E-state index >= 15 is 0 Å². The number of hydrogen-bond acceptors (Lipinski definition) is 2. The third kappa shape index (κ3) is 4.85. The molecule has 0 atom stereocenters. The van der Waals surface area contributed by atoms with E-state index in [-0.39, 0.29) is 12.5 Å². The Morgan fingerprint density at radius 1 is 1.00 bits per heavy atom. The van der Waals surface area contributed by atoms with Crippen LogP contribution in [0.4, 0.5) is 5.69 Å². The average Bonchev–Trinajstić information content (AvgIpc) is 2.41. The van der Waals surface area contributed by atoms with Crippen LogP contribution in [0.2, 0.25) is 10.0 Å². The molecule has 2 aromatic rings. The van der Waals surface area contributed by atoms with Crippen LogP contribution < -0.4 is 10.6 Å². The van der Waals surface area contributed by atoms with Gasteiger partial charge in [-0.3, -0.25) is 4.79 Å². The van der Waals surface area contributed by atoms with Crippen molar-refractivity contribution in [1.82, 2.24) is 5.32 Å². The van der Waals surface area contributed by atoms with E-state index in [1.165, 1.54) is 0 Å². The quantitative estimate of drug-likeness (QED) is 0.884. The Labute approximate surface area is 127 Å². The maximum absolute atomic E-state index is 11.7. The van der Waals surface area contributed by atoms with Crippen LogP contribution in [-0.4, -0.2) is 12.5 Å². The van der Waals surface area contributed by atoms with Gasteiger partial charge in [0.25, 0.3) is 0 Å². The van der Waals surface area contributed by atoms with E-state index in [1.54, 1.807) is 24.3 Å². The molecule has 0 spiro atoms. The molecule has 0 radical (unpaired) electrons. The number of rotatable bonds is 5. The predicted molar refractivity (Wildman–Crippen MR) is 83.2 cm³/mol. The van der Waals surface area contributed by atoms with Crippen molar-refractivity contribution in [2.75, 3.05) is 11.9 Å². The lowest BCUT2D eigenvalue weighted by atomic mass is 10.2. The fourth-order valence-corrected chi connectivity index (χ4v) is 2.01. The molecule has 2 aromatic carbocycles. The molecule has 0 saturated carbocycles. The molecular formula is C15H14Cl2N2O. The van der Waals surface area contributed by atoms with Gasteiger partial charge >= 0.3 is 0 Å². The molecule has 0 aliphatic carbocycles. The van der Waals surface area contributed by atoms with Crippen molar-refractivity contribution >= 4 is 34.8 Å². The standard InChI is InChI=1S/C15H14Cl2N2O/c16-12-6-4-11(5-7-12)9-18-10-15(20)19-14-3-1-2-13(17)8-14/h1-8,18H,9-10H2,(H,19,20). The Morgan fingerprint density at radius 3 is 2.45 bits per heavy atom. The second-order valence-electron chi connectivity index (χ2n) is 4.29. The van der Waals surface area contributed by atoms with Gasteiger partial charge in [0.1, 0.15) is 0 Å². The van der Waals surface area contributed by atoms with E-state index in [0.717, 1.165) is 5.56 Å². The van der Waals surface area contributed by atoms with Crippen molar-refractivity contribution in [3.63, 3.8) is 0 Å². The molecule has 0 fully saturated rings. The number of carbonyl (C=O) groups is 1. The molecule has 0 aliphatic rings. The Balaban J connectivity index is 1.76. The summed E-state index contributed by atoms with van der Waals surface area (Å²) in [6.07, 6.45) is 0. The minimum Gasteiger partial charge on any atom is -0.325 e. The van der Waals surface area contributed by atoms with Gasteiger partial charge in [0.05, 0.1) is 6.54 Å². The van der Waals surface area contributed by atoms with E-state index < -0.39 is 0 Å². The van der Waals surface area contributed by atoms with E-state index in [4.69, 9.17) is 23.2 Å². The molecule has 20 heavy (non-hydrogen) atoms. The van der Waals surface area contributed by atoms with Crippen LogP contribution in [0.1, 0.15) is 5.56 Å². The van der Waals surface area contributed by atoms with Crippen LogP contribution in [-0.2, 0) is 11.3 Å². The highest BCUT2D eigenvalue weighted by Crippen LogP contribution is 2.14. The van der Waals surface area contributed by atoms with E-state index in [9.17, 15) is 4.79 Å².